The molecule has 0 fully saturated rings. The van der Waals surface area contributed by atoms with Crippen LogP contribution >= 0.6 is 0 Å². The van der Waals surface area contributed by atoms with Gasteiger partial charge in [-0.05, 0) is 35.9 Å². The number of rotatable bonds is 4. The van der Waals surface area contributed by atoms with Gasteiger partial charge in [0.25, 0.3) is 5.91 Å². The minimum absolute atomic E-state index is 0.307. The lowest BCUT2D eigenvalue weighted by Crippen LogP contribution is -2.30. The molecule has 0 aliphatic rings. The maximum absolute atomic E-state index is 13.9. The molecule has 4 aromatic rings. The molecule has 0 aliphatic heterocycles. The molecule has 4 rings (SSSR count). The number of benzene rings is 2. The number of fused-ring (bicyclic) bond motifs is 1. The third kappa shape index (κ3) is 3.07. The molecule has 0 saturated carbocycles. The molecule has 0 bridgehead atoms. The molecule has 1 amide bonds. The molecule has 5 heteroatoms. The molecule has 26 heavy (non-hydrogen) atoms. The van der Waals surface area contributed by atoms with Crippen LogP contribution in [0, 0.1) is 5.82 Å². The van der Waals surface area contributed by atoms with Crippen LogP contribution in [0.5, 0.6) is 0 Å². The van der Waals surface area contributed by atoms with E-state index in [1.54, 1.807) is 18.3 Å². The van der Waals surface area contributed by atoms with Gasteiger partial charge in [-0.3, -0.25) is 9.78 Å². The van der Waals surface area contributed by atoms with Gasteiger partial charge >= 0.3 is 0 Å². The van der Waals surface area contributed by atoms with Crippen molar-refractivity contribution in [2.75, 3.05) is 0 Å². The summed E-state index contributed by atoms with van der Waals surface area (Å²) in [7, 11) is 0. The molecule has 1 atom stereocenters. The van der Waals surface area contributed by atoms with Gasteiger partial charge in [-0.15, -0.1) is 0 Å². The van der Waals surface area contributed by atoms with Crippen molar-refractivity contribution in [2.24, 2.45) is 0 Å². The number of H-pyrrole nitrogens is 1. The second-order valence-electron chi connectivity index (χ2n) is 5.96. The molecule has 0 saturated heterocycles. The lowest BCUT2D eigenvalue weighted by molar-refractivity contribution is 0.0938. The largest absolute Gasteiger partial charge is 0.350 e. The minimum Gasteiger partial charge on any atom is -0.350 e. The second-order valence-corrected chi connectivity index (χ2v) is 5.96. The standard InChI is InChI=1S/C21H16FN3O/c22-16-9-6-11-17-15(16)13-19(24-17)21(26)25-20(14-7-2-1-3-8-14)18-10-4-5-12-23-18/h1-13,20,24H,(H,25,26). The van der Waals surface area contributed by atoms with Crippen molar-refractivity contribution in [3.8, 4) is 0 Å². The summed E-state index contributed by atoms with van der Waals surface area (Å²) in [6.07, 6.45) is 1.69. The Morgan fingerprint density at radius 2 is 1.81 bits per heavy atom. The molecule has 0 aliphatic carbocycles. The summed E-state index contributed by atoms with van der Waals surface area (Å²) in [5.74, 6) is -0.678. The van der Waals surface area contributed by atoms with E-state index in [2.05, 4.69) is 15.3 Å². The van der Waals surface area contributed by atoms with Gasteiger partial charge in [0, 0.05) is 17.1 Å². The van der Waals surface area contributed by atoms with Gasteiger partial charge in [0.05, 0.1) is 11.7 Å². The average Bonchev–Trinajstić information content (AvgIpc) is 3.13. The SMILES string of the molecule is O=C(NC(c1ccccc1)c1ccccn1)c1cc2c(F)cccc2[nH]1. The molecule has 2 aromatic carbocycles. The smallest absolute Gasteiger partial charge is 0.268 e. The zero-order chi connectivity index (χ0) is 17.9. The van der Waals surface area contributed by atoms with E-state index in [-0.39, 0.29) is 11.7 Å². The summed E-state index contributed by atoms with van der Waals surface area (Å²) >= 11 is 0. The Morgan fingerprint density at radius 3 is 2.54 bits per heavy atom. The zero-order valence-electron chi connectivity index (χ0n) is 13.8. The van der Waals surface area contributed by atoms with Crippen molar-refractivity contribution in [1.82, 2.24) is 15.3 Å². The quantitative estimate of drug-likeness (QED) is 0.582. The van der Waals surface area contributed by atoms with Crippen LogP contribution in [-0.2, 0) is 0 Å². The number of carbonyl (C=O) groups excluding carboxylic acids is 1. The fourth-order valence-corrected chi connectivity index (χ4v) is 2.97. The van der Waals surface area contributed by atoms with E-state index in [0.29, 0.717) is 16.6 Å². The number of aromatic amines is 1. The lowest BCUT2D eigenvalue weighted by Gasteiger charge is -2.18. The number of carbonyl (C=O) groups is 1. The zero-order valence-corrected chi connectivity index (χ0v) is 13.8. The highest BCUT2D eigenvalue weighted by molar-refractivity contribution is 5.98. The topological polar surface area (TPSA) is 57.8 Å². The number of pyridine rings is 1. The van der Waals surface area contributed by atoms with Gasteiger partial charge in [0.2, 0.25) is 0 Å². The van der Waals surface area contributed by atoms with E-state index in [9.17, 15) is 9.18 Å². The van der Waals surface area contributed by atoms with Gasteiger partial charge in [-0.1, -0.05) is 42.5 Å². The van der Waals surface area contributed by atoms with Crippen LogP contribution in [0.25, 0.3) is 10.9 Å². The van der Waals surface area contributed by atoms with Gasteiger partial charge in [0.1, 0.15) is 11.5 Å². The fourth-order valence-electron chi connectivity index (χ4n) is 2.97. The first-order valence-electron chi connectivity index (χ1n) is 8.26. The van der Waals surface area contributed by atoms with E-state index in [0.717, 1.165) is 11.3 Å². The Bertz CT molecular complexity index is 1010. The summed E-state index contributed by atoms with van der Waals surface area (Å²) in [5, 5.41) is 3.39. The number of aromatic nitrogens is 2. The van der Waals surface area contributed by atoms with Crippen LogP contribution in [0.4, 0.5) is 4.39 Å². The Hall–Kier alpha value is -3.47. The van der Waals surface area contributed by atoms with Crippen LogP contribution in [0.15, 0.2) is 79.0 Å². The van der Waals surface area contributed by atoms with Gasteiger partial charge in [-0.2, -0.15) is 0 Å². The van der Waals surface area contributed by atoms with Crippen LogP contribution in [0.3, 0.4) is 0 Å². The molecular weight excluding hydrogens is 329 g/mol. The lowest BCUT2D eigenvalue weighted by atomic mass is 10.0. The molecule has 2 aromatic heterocycles. The van der Waals surface area contributed by atoms with Crippen LogP contribution in [-0.4, -0.2) is 15.9 Å². The Kier molecular flexibility index (Phi) is 4.19. The van der Waals surface area contributed by atoms with Crippen molar-refractivity contribution in [2.45, 2.75) is 6.04 Å². The van der Waals surface area contributed by atoms with Crippen LogP contribution in [0.1, 0.15) is 27.8 Å². The van der Waals surface area contributed by atoms with Crippen molar-refractivity contribution in [1.29, 1.82) is 0 Å². The molecule has 2 heterocycles. The highest BCUT2D eigenvalue weighted by atomic mass is 19.1. The van der Waals surface area contributed by atoms with Gasteiger partial charge < -0.3 is 10.3 Å². The number of halogens is 1. The van der Waals surface area contributed by atoms with E-state index in [1.807, 2.05) is 48.5 Å². The third-order valence-electron chi connectivity index (χ3n) is 4.25. The molecule has 4 nitrogen and oxygen atoms in total. The summed E-state index contributed by atoms with van der Waals surface area (Å²) in [4.78, 5) is 20.1. The number of hydrogen-bond acceptors (Lipinski definition) is 2. The van der Waals surface area contributed by atoms with Crippen LogP contribution in [0.2, 0.25) is 0 Å². The summed E-state index contributed by atoms with van der Waals surface area (Å²) in [6, 6.07) is 21.0. The predicted octanol–water partition coefficient (Wildman–Crippen LogP) is 4.22. The summed E-state index contributed by atoms with van der Waals surface area (Å²) in [5.41, 5.74) is 2.54. The first kappa shape index (κ1) is 16.0. The molecule has 0 radical (unpaired) electrons. The maximum Gasteiger partial charge on any atom is 0.268 e. The van der Waals surface area contributed by atoms with E-state index >= 15 is 0 Å². The highest BCUT2D eigenvalue weighted by Crippen LogP contribution is 2.22. The Balaban J connectivity index is 1.68. The van der Waals surface area contributed by atoms with Crippen molar-refractivity contribution in [3.05, 3.63) is 102 Å². The highest BCUT2D eigenvalue weighted by Gasteiger charge is 2.20. The molecule has 2 N–H and O–H groups in total. The van der Waals surface area contributed by atoms with E-state index in [1.165, 1.54) is 12.1 Å². The first-order chi connectivity index (χ1) is 12.7. The normalized spacial score (nSPS) is 12.0. The Morgan fingerprint density at radius 1 is 1.00 bits per heavy atom. The summed E-state index contributed by atoms with van der Waals surface area (Å²) in [6.45, 7) is 0. The van der Waals surface area contributed by atoms with E-state index < -0.39 is 6.04 Å². The number of nitrogens with zero attached hydrogens (tertiary/aromatic N) is 1. The van der Waals surface area contributed by atoms with Gasteiger partial charge in [0.15, 0.2) is 0 Å². The monoisotopic (exact) mass is 345 g/mol. The van der Waals surface area contributed by atoms with Crippen molar-refractivity contribution in [3.63, 3.8) is 0 Å². The fraction of sp³-hybridized carbons (Fsp3) is 0.0476. The van der Waals surface area contributed by atoms with E-state index in [4.69, 9.17) is 0 Å². The number of nitrogens with one attached hydrogen (secondary N) is 2. The maximum atomic E-state index is 13.9. The second kappa shape index (κ2) is 6.80. The molecule has 1 unspecified atom stereocenters. The average molecular weight is 345 g/mol. The first-order valence-corrected chi connectivity index (χ1v) is 8.26. The minimum atomic E-state index is -0.402. The van der Waals surface area contributed by atoms with Crippen LogP contribution < -0.4 is 5.32 Å². The molecule has 128 valence electrons. The third-order valence-corrected chi connectivity index (χ3v) is 4.25. The Labute approximate surface area is 149 Å². The van der Waals surface area contributed by atoms with Crippen molar-refractivity contribution >= 4 is 16.8 Å². The number of hydrogen-bond donors (Lipinski definition) is 2. The molecule has 0 spiro atoms. The molecular formula is C21H16FN3O. The van der Waals surface area contributed by atoms with Gasteiger partial charge in [-0.25, -0.2) is 4.39 Å². The number of amides is 1. The predicted molar refractivity (Wildman–Crippen MR) is 98.2 cm³/mol. The summed E-state index contributed by atoms with van der Waals surface area (Å²) < 4.78 is 13.9. The van der Waals surface area contributed by atoms with Crippen molar-refractivity contribution < 1.29 is 9.18 Å².